The van der Waals surface area contributed by atoms with Gasteiger partial charge in [-0.05, 0) is 23.1 Å². The molecule has 0 saturated carbocycles. The van der Waals surface area contributed by atoms with Crippen LogP contribution >= 0.6 is 0 Å². The molecule has 0 amide bonds. The van der Waals surface area contributed by atoms with Crippen LogP contribution in [-0.2, 0) is 16.8 Å². The number of hydrogen-bond donors (Lipinski definition) is 1. The van der Waals surface area contributed by atoms with Crippen molar-refractivity contribution in [3.8, 4) is 5.75 Å². The van der Waals surface area contributed by atoms with E-state index in [0.717, 1.165) is 5.56 Å². The fourth-order valence-electron chi connectivity index (χ4n) is 1.32. The molecule has 0 radical (unpaired) electrons. The molecule has 1 N–H and O–H groups in total. The van der Waals surface area contributed by atoms with Gasteiger partial charge < -0.3 is 9.84 Å². The Morgan fingerprint density at radius 3 is 2.43 bits per heavy atom. The predicted octanol–water partition coefficient (Wildman–Crippen LogP) is 2.84. The number of phenolic OH excluding ortho intramolecular Hbond substituents is 1. The number of ether oxygens (including phenoxy) is 1. The van der Waals surface area contributed by atoms with Crippen molar-refractivity contribution in [3.05, 3.63) is 29.3 Å². The van der Waals surface area contributed by atoms with Gasteiger partial charge in [0.25, 0.3) is 0 Å². The molecule has 0 aliphatic heterocycles. The van der Waals surface area contributed by atoms with Crippen LogP contribution in [0.3, 0.4) is 0 Å². The van der Waals surface area contributed by atoms with Gasteiger partial charge in [0.2, 0.25) is 0 Å². The van der Waals surface area contributed by atoms with Gasteiger partial charge in [-0.15, -0.1) is 0 Å². The van der Waals surface area contributed by atoms with Crippen molar-refractivity contribution in [3.63, 3.8) is 0 Å². The number of rotatable bonds is 2. The largest absolute Gasteiger partial charge is 0.508 e. The van der Waals surface area contributed by atoms with E-state index in [1.165, 1.54) is 5.56 Å². The van der Waals surface area contributed by atoms with E-state index in [4.69, 9.17) is 4.74 Å². The van der Waals surface area contributed by atoms with Crippen molar-refractivity contribution < 1.29 is 9.84 Å². The topological polar surface area (TPSA) is 29.5 Å². The Kier molecular flexibility index (Phi) is 3.17. The smallest absolute Gasteiger partial charge is 0.121 e. The summed E-state index contributed by atoms with van der Waals surface area (Å²) in [6, 6.07) is 5.68. The first-order chi connectivity index (χ1) is 6.45. The molecule has 0 aliphatic carbocycles. The first kappa shape index (κ1) is 11.1. The zero-order chi connectivity index (χ0) is 10.8. The molecule has 1 aromatic carbocycles. The lowest BCUT2D eigenvalue weighted by molar-refractivity contribution is 0.182. The maximum absolute atomic E-state index is 9.55. The highest BCUT2D eigenvalue weighted by Gasteiger charge is 2.15. The molecule has 14 heavy (non-hydrogen) atoms. The zero-order valence-electron chi connectivity index (χ0n) is 9.29. The van der Waals surface area contributed by atoms with Crippen LogP contribution in [0.4, 0.5) is 0 Å². The number of benzene rings is 1. The van der Waals surface area contributed by atoms with Crippen molar-refractivity contribution >= 4 is 0 Å². The van der Waals surface area contributed by atoms with Gasteiger partial charge in [0.05, 0.1) is 6.61 Å². The van der Waals surface area contributed by atoms with Gasteiger partial charge in [0.1, 0.15) is 5.75 Å². The number of aromatic hydroxyl groups is 1. The van der Waals surface area contributed by atoms with E-state index >= 15 is 0 Å². The molecule has 2 nitrogen and oxygen atoms in total. The molecule has 1 rings (SSSR count). The number of hydrogen-bond acceptors (Lipinski definition) is 2. The van der Waals surface area contributed by atoms with E-state index in [1.54, 1.807) is 13.2 Å². The molecule has 1 aromatic rings. The van der Waals surface area contributed by atoms with Crippen molar-refractivity contribution in [2.24, 2.45) is 0 Å². The summed E-state index contributed by atoms with van der Waals surface area (Å²) in [5.74, 6) is 0.305. The molecule has 0 aliphatic rings. The number of methoxy groups -OCH3 is 1. The van der Waals surface area contributed by atoms with Crippen molar-refractivity contribution in [2.45, 2.75) is 32.8 Å². The highest BCUT2D eigenvalue weighted by Crippen LogP contribution is 2.27. The van der Waals surface area contributed by atoms with Gasteiger partial charge in [0.15, 0.2) is 0 Å². The highest BCUT2D eigenvalue weighted by molar-refractivity contribution is 5.38. The average Bonchev–Trinajstić information content (AvgIpc) is 2.07. The molecule has 0 atom stereocenters. The molecule has 0 spiro atoms. The normalized spacial score (nSPS) is 11.7. The lowest BCUT2D eigenvalue weighted by atomic mass is 9.86. The summed E-state index contributed by atoms with van der Waals surface area (Å²) in [4.78, 5) is 0. The molecule has 0 saturated heterocycles. The molecule has 2 heteroatoms. The van der Waals surface area contributed by atoms with Crippen LogP contribution in [0.25, 0.3) is 0 Å². The maximum atomic E-state index is 9.55. The van der Waals surface area contributed by atoms with Crippen LogP contribution in [0.2, 0.25) is 0 Å². The second-order valence-corrected chi connectivity index (χ2v) is 4.53. The van der Waals surface area contributed by atoms with Gasteiger partial charge >= 0.3 is 0 Å². The fraction of sp³-hybridized carbons (Fsp3) is 0.500. The third-order valence-electron chi connectivity index (χ3n) is 2.25. The Hall–Kier alpha value is -1.02. The minimum atomic E-state index is 0.107. The van der Waals surface area contributed by atoms with Gasteiger partial charge in [-0.3, -0.25) is 0 Å². The molecule has 0 heterocycles. The standard InChI is InChI=1S/C12H18O2/c1-12(2,3)10-5-6-11(13)9(7-10)8-14-4/h5-7,13H,8H2,1-4H3. The first-order valence-corrected chi connectivity index (χ1v) is 4.76. The Bertz CT molecular complexity index is 311. The summed E-state index contributed by atoms with van der Waals surface area (Å²) < 4.78 is 5.02. The van der Waals surface area contributed by atoms with Gasteiger partial charge in [-0.2, -0.15) is 0 Å². The van der Waals surface area contributed by atoms with Crippen LogP contribution in [0.5, 0.6) is 5.75 Å². The predicted molar refractivity (Wildman–Crippen MR) is 57.5 cm³/mol. The zero-order valence-corrected chi connectivity index (χ0v) is 9.29. The number of phenols is 1. The van der Waals surface area contributed by atoms with E-state index in [0.29, 0.717) is 12.4 Å². The van der Waals surface area contributed by atoms with Crippen LogP contribution in [-0.4, -0.2) is 12.2 Å². The maximum Gasteiger partial charge on any atom is 0.121 e. The van der Waals surface area contributed by atoms with Gasteiger partial charge in [0, 0.05) is 12.7 Å². The van der Waals surface area contributed by atoms with Gasteiger partial charge in [-0.25, -0.2) is 0 Å². The lowest BCUT2D eigenvalue weighted by Gasteiger charge is -2.20. The van der Waals surface area contributed by atoms with E-state index in [-0.39, 0.29) is 5.41 Å². The Balaban J connectivity index is 3.06. The summed E-state index contributed by atoms with van der Waals surface area (Å²) in [5.41, 5.74) is 2.16. The summed E-state index contributed by atoms with van der Waals surface area (Å²) in [7, 11) is 1.63. The monoisotopic (exact) mass is 194 g/mol. The SMILES string of the molecule is COCc1cc(C(C)(C)C)ccc1O. The fourth-order valence-corrected chi connectivity index (χ4v) is 1.32. The van der Waals surface area contributed by atoms with E-state index < -0.39 is 0 Å². The van der Waals surface area contributed by atoms with E-state index in [9.17, 15) is 5.11 Å². The molecule has 0 unspecified atom stereocenters. The van der Waals surface area contributed by atoms with Crippen molar-refractivity contribution in [1.29, 1.82) is 0 Å². The first-order valence-electron chi connectivity index (χ1n) is 4.76. The Morgan fingerprint density at radius 1 is 1.29 bits per heavy atom. The Labute approximate surface area is 85.5 Å². The molecular formula is C12H18O2. The lowest BCUT2D eigenvalue weighted by Crippen LogP contribution is -2.11. The molecule has 0 aromatic heterocycles. The van der Waals surface area contributed by atoms with Crippen molar-refractivity contribution in [2.75, 3.05) is 7.11 Å². The summed E-state index contributed by atoms with van der Waals surface area (Å²) >= 11 is 0. The quantitative estimate of drug-likeness (QED) is 0.784. The third kappa shape index (κ3) is 2.48. The highest BCUT2D eigenvalue weighted by atomic mass is 16.5. The second kappa shape index (κ2) is 4.01. The van der Waals surface area contributed by atoms with E-state index in [2.05, 4.69) is 20.8 Å². The van der Waals surface area contributed by atoms with Crippen LogP contribution in [0.15, 0.2) is 18.2 Å². The summed E-state index contributed by atoms with van der Waals surface area (Å²) in [6.45, 7) is 6.90. The molecule has 0 fully saturated rings. The second-order valence-electron chi connectivity index (χ2n) is 4.53. The molecule has 78 valence electrons. The minimum Gasteiger partial charge on any atom is -0.508 e. The van der Waals surface area contributed by atoms with Crippen LogP contribution in [0.1, 0.15) is 31.9 Å². The van der Waals surface area contributed by atoms with Crippen molar-refractivity contribution in [1.82, 2.24) is 0 Å². The third-order valence-corrected chi connectivity index (χ3v) is 2.25. The molecular weight excluding hydrogens is 176 g/mol. The Morgan fingerprint density at radius 2 is 1.93 bits per heavy atom. The van der Waals surface area contributed by atoms with Gasteiger partial charge in [-0.1, -0.05) is 26.8 Å². The summed E-state index contributed by atoms with van der Waals surface area (Å²) in [5, 5.41) is 9.55. The van der Waals surface area contributed by atoms with Crippen LogP contribution < -0.4 is 0 Å². The minimum absolute atomic E-state index is 0.107. The molecule has 0 bridgehead atoms. The summed E-state index contributed by atoms with van der Waals surface area (Å²) in [6.07, 6.45) is 0. The average molecular weight is 194 g/mol. The van der Waals surface area contributed by atoms with Crippen LogP contribution in [0, 0.1) is 0 Å². The van der Waals surface area contributed by atoms with E-state index in [1.807, 2.05) is 12.1 Å².